The fourth-order valence-corrected chi connectivity index (χ4v) is 2.00. The van der Waals surface area contributed by atoms with E-state index in [0.717, 1.165) is 19.7 Å². The number of nitrogens with one attached hydrogen (secondary N) is 1. The fourth-order valence-electron chi connectivity index (χ4n) is 2.00. The van der Waals surface area contributed by atoms with Crippen molar-refractivity contribution in [2.45, 2.75) is 44.9 Å². The van der Waals surface area contributed by atoms with Crippen molar-refractivity contribution in [1.29, 1.82) is 0 Å². The highest BCUT2D eigenvalue weighted by Gasteiger charge is 2.02. The molecule has 1 N–H and O–H groups in total. The van der Waals surface area contributed by atoms with Crippen LogP contribution in [0.15, 0.2) is 11.6 Å². The lowest BCUT2D eigenvalue weighted by Gasteiger charge is -2.12. The summed E-state index contributed by atoms with van der Waals surface area (Å²) in [4.78, 5) is 0. The number of hydrogen-bond donors (Lipinski definition) is 1. The first-order chi connectivity index (χ1) is 7.43. The molecule has 0 spiro atoms. The average Bonchev–Trinajstić information content (AvgIpc) is 2.29. The predicted octanol–water partition coefficient (Wildman–Crippen LogP) is 2.89. The minimum absolute atomic E-state index is 0.896. The molecule has 0 unspecified atom stereocenters. The van der Waals surface area contributed by atoms with Crippen molar-refractivity contribution in [1.82, 2.24) is 5.32 Å². The van der Waals surface area contributed by atoms with E-state index in [0.29, 0.717) is 0 Å². The molecule has 0 heterocycles. The molecule has 0 aromatic carbocycles. The zero-order valence-electron chi connectivity index (χ0n) is 10.1. The van der Waals surface area contributed by atoms with Gasteiger partial charge in [-0.25, -0.2) is 0 Å². The summed E-state index contributed by atoms with van der Waals surface area (Å²) in [5.74, 6) is 0. The smallest absolute Gasteiger partial charge is 0.0462 e. The van der Waals surface area contributed by atoms with Crippen LogP contribution < -0.4 is 5.32 Å². The first-order valence-electron chi connectivity index (χ1n) is 6.31. The molecular weight excluding hydrogens is 186 g/mol. The zero-order chi connectivity index (χ0) is 10.8. The number of allylic oxidation sites excluding steroid dienone is 1. The summed E-state index contributed by atoms with van der Waals surface area (Å²) >= 11 is 0. The molecule has 1 aliphatic carbocycles. The lowest BCUT2D eigenvalue weighted by atomic mass is 9.97. The molecule has 88 valence electrons. The van der Waals surface area contributed by atoms with Gasteiger partial charge in [0.25, 0.3) is 0 Å². The van der Waals surface area contributed by atoms with Crippen LogP contribution in [-0.4, -0.2) is 26.8 Å². The molecule has 0 bridgehead atoms. The highest BCUT2D eigenvalue weighted by Crippen LogP contribution is 2.19. The summed E-state index contributed by atoms with van der Waals surface area (Å²) in [7, 11) is 1.77. The van der Waals surface area contributed by atoms with Gasteiger partial charge in [-0.3, -0.25) is 0 Å². The van der Waals surface area contributed by atoms with Gasteiger partial charge in [-0.05, 0) is 58.0 Å². The molecule has 15 heavy (non-hydrogen) atoms. The molecule has 0 aromatic rings. The lowest BCUT2D eigenvalue weighted by molar-refractivity contribution is 0.192. The van der Waals surface area contributed by atoms with E-state index in [1.54, 1.807) is 12.7 Å². The molecule has 0 aliphatic heterocycles. The van der Waals surface area contributed by atoms with Crippen LogP contribution in [0.4, 0.5) is 0 Å². The lowest BCUT2D eigenvalue weighted by Crippen LogP contribution is -2.17. The maximum Gasteiger partial charge on any atom is 0.0462 e. The third kappa shape index (κ3) is 6.69. The minimum atomic E-state index is 0.896. The van der Waals surface area contributed by atoms with Gasteiger partial charge in [-0.15, -0.1) is 0 Å². The van der Waals surface area contributed by atoms with Crippen molar-refractivity contribution >= 4 is 0 Å². The third-order valence-corrected chi connectivity index (χ3v) is 2.96. The predicted molar refractivity (Wildman–Crippen MR) is 65.1 cm³/mol. The monoisotopic (exact) mass is 211 g/mol. The van der Waals surface area contributed by atoms with E-state index < -0.39 is 0 Å². The normalized spacial score (nSPS) is 16.5. The summed E-state index contributed by atoms with van der Waals surface area (Å²) in [6.07, 6.45) is 11.5. The maximum absolute atomic E-state index is 5.01. The number of hydrogen-bond acceptors (Lipinski definition) is 2. The van der Waals surface area contributed by atoms with Gasteiger partial charge in [0, 0.05) is 13.7 Å². The van der Waals surface area contributed by atoms with Gasteiger partial charge in [0.2, 0.25) is 0 Å². The van der Waals surface area contributed by atoms with E-state index in [-0.39, 0.29) is 0 Å². The van der Waals surface area contributed by atoms with Crippen molar-refractivity contribution in [2.75, 3.05) is 26.8 Å². The van der Waals surface area contributed by atoms with Crippen molar-refractivity contribution in [2.24, 2.45) is 0 Å². The zero-order valence-corrected chi connectivity index (χ0v) is 10.1. The van der Waals surface area contributed by atoms with Gasteiger partial charge in [0.1, 0.15) is 0 Å². The minimum Gasteiger partial charge on any atom is -0.385 e. The van der Waals surface area contributed by atoms with Crippen LogP contribution in [0.5, 0.6) is 0 Å². The van der Waals surface area contributed by atoms with E-state index in [9.17, 15) is 0 Å². The summed E-state index contributed by atoms with van der Waals surface area (Å²) in [5.41, 5.74) is 1.67. The van der Waals surface area contributed by atoms with E-state index >= 15 is 0 Å². The Bertz CT molecular complexity index is 177. The number of ether oxygens (including phenoxy) is 1. The number of rotatable bonds is 8. The Morgan fingerprint density at radius 3 is 2.93 bits per heavy atom. The first-order valence-corrected chi connectivity index (χ1v) is 6.31. The molecule has 1 rings (SSSR count). The fraction of sp³-hybridized carbons (Fsp3) is 0.846. The molecule has 0 saturated heterocycles. The van der Waals surface area contributed by atoms with E-state index in [1.165, 1.54) is 44.9 Å². The van der Waals surface area contributed by atoms with Crippen LogP contribution in [-0.2, 0) is 4.74 Å². The summed E-state index contributed by atoms with van der Waals surface area (Å²) in [6, 6.07) is 0. The first kappa shape index (κ1) is 12.7. The van der Waals surface area contributed by atoms with E-state index in [1.807, 2.05) is 0 Å². The molecule has 2 heteroatoms. The Balaban J connectivity index is 1.86. The van der Waals surface area contributed by atoms with Gasteiger partial charge in [-0.1, -0.05) is 11.6 Å². The van der Waals surface area contributed by atoms with Crippen molar-refractivity contribution in [3.63, 3.8) is 0 Å². The van der Waals surface area contributed by atoms with Crippen LogP contribution in [0.1, 0.15) is 44.9 Å². The summed E-state index contributed by atoms with van der Waals surface area (Å²) in [6.45, 7) is 3.18. The molecule has 0 fully saturated rings. The topological polar surface area (TPSA) is 21.3 Å². The second-order valence-corrected chi connectivity index (χ2v) is 4.31. The molecule has 0 atom stereocenters. The molecule has 0 saturated carbocycles. The third-order valence-electron chi connectivity index (χ3n) is 2.96. The standard InChI is InChI=1S/C13H25NO/c1-15-12-6-5-10-14-11-9-13-7-3-2-4-8-13/h7,14H,2-6,8-12H2,1H3. The van der Waals surface area contributed by atoms with Crippen LogP contribution in [0, 0.1) is 0 Å². The summed E-state index contributed by atoms with van der Waals surface area (Å²) < 4.78 is 5.01. The second-order valence-electron chi connectivity index (χ2n) is 4.31. The average molecular weight is 211 g/mol. The highest BCUT2D eigenvalue weighted by atomic mass is 16.5. The molecule has 0 radical (unpaired) electrons. The highest BCUT2D eigenvalue weighted by molar-refractivity contribution is 5.04. The number of unbranched alkanes of at least 4 members (excludes halogenated alkanes) is 1. The number of methoxy groups -OCH3 is 1. The van der Waals surface area contributed by atoms with Gasteiger partial charge in [0.15, 0.2) is 0 Å². The van der Waals surface area contributed by atoms with Crippen LogP contribution >= 0.6 is 0 Å². The van der Waals surface area contributed by atoms with Gasteiger partial charge in [0.05, 0.1) is 0 Å². The Morgan fingerprint density at radius 1 is 1.27 bits per heavy atom. The maximum atomic E-state index is 5.01. The molecular formula is C13H25NO. The van der Waals surface area contributed by atoms with E-state index in [2.05, 4.69) is 11.4 Å². The van der Waals surface area contributed by atoms with Gasteiger partial charge in [-0.2, -0.15) is 0 Å². The van der Waals surface area contributed by atoms with Gasteiger partial charge >= 0.3 is 0 Å². The van der Waals surface area contributed by atoms with Crippen molar-refractivity contribution in [3.8, 4) is 0 Å². The Labute approximate surface area is 94.1 Å². The second kappa shape index (κ2) is 8.93. The Morgan fingerprint density at radius 2 is 2.20 bits per heavy atom. The largest absolute Gasteiger partial charge is 0.385 e. The summed E-state index contributed by atoms with van der Waals surface area (Å²) in [5, 5.41) is 3.50. The van der Waals surface area contributed by atoms with Crippen molar-refractivity contribution < 1.29 is 4.74 Å². The van der Waals surface area contributed by atoms with Gasteiger partial charge < -0.3 is 10.1 Å². The molecule has 1 aliphatic rings. The molecule has 0 amide bonds. The molecule has 2 nitrogen and oxygen atoms in total. The quantitative estimate of drug-likeness (QED) is 0.492. The van der Waals surface area contributed by atoms with Crippen LogP contribution in [0.3, 0.4) is 0 Å². The van der Waals surface area contributed by atoms with Crippen LogP contribution in [0.25, 0.3) is 0 Å². The Hall–Kier alpha value is -0.340. The SMILES string of the molecule is COCCCCNCCC1=CCCCC1. The van der Waals surface area contributed by atoms with E-state index in [4.69, 9.17) is 4.74 Å². The van der Waals surface area contributed by atoms with Crippen LogP contribution in [0.2, 0.25) is 0 Å². The van der Waals surface area contributed by atoms with Crippen molar-refractivity contribution in [3.05, 3.63) is 11.6 Å². The molecule has 0 aromatic heterocycles. The Kier molecular flexibility index (Phi) is 7.58.